The maximum absolute atomic E-state index is 12.1. The lowest BCUT2D eigenvalue weighted by Gasteiger charge is -2.30. The molecule has 1 aromatic rings. The quantitative estimate of drug-likeness (QED) is 0.198. The van der Waals surface area contributed by atoms with Crippen molar-refractivity contribution >= 4 is 22.4 Å². The molecular formula is C21H34N4O3S. The maximum Gasteiger partial charge on any atom is 0.269 e. The maximum atomic E-state index is 12.1. The van der Waals surface area contributed by atoms with E-state index in [-0.39, 0.29) is 10.6 Å². The first-order valence-corrected chi connectivity index (χ1v) is 12.1. The zero-order chi connectivity index (χ0) is 21.1. The van der Waals surface area contributed by atoms with Crippen molar-refractivity contribution in [2.75, 3.05) is 18.8 Å². The lowest BCUT2D eigenvalue weighted by molar-refractivity contribution is -0.384. The molecule has 7 nitrogen and oxygen atoms in total. The molecule has 2 N–H and O–H groups in total. The molecule has 0 bridgehead atoms. The summed E-state index contributed by atoms with van der Waals surface area (Å²) in [6.45, 7) is 5.60. The van der Waals surface area contributed by atoms with Crippen molar-refractivity contribution in [1.82, 2.24) is 10.6 Å². The molecule has 0 heterocycles. The Labute approximate surface area is 176 Å². The molecule has 1 fully saturated rings. The fourth-order valence-electron chi connectivity index (χ4n) is 3.68. The van der Waals surface area contributed by atoms with Crippen LogP contribution in [0.1, 0.15) is 57.9 Å². The minimum absolute atomic E-state index is 0.132. The van der Waals surface area contributed by atoms with Gasteiger partial charge in [-0.1, -0.05) is 25.5 Å². The molecule has 1 aromatic carbocycles. The van der Waals surface area contributed by atoms with E-state index in [1.165, 1.54) is 0 Å². The van der Waals surface area contributed by atoms with E-state index in [0.29, 0.717) is 11.3 Å². The van der Waals surface area contributed by atoms with E-state index < -0.39 is 10.8 Å². The lowest BCUT2D eigenvalue weighted by Crippen LogP contribution is -2.46. The summed E-state index contributed by atoms with van der Waals surface area (Å²) in [6.07, 6.45) is 7.07. The van der Waals surface area contributed by atoms with Gasteiger partial charge >= 0.3 is 0 Å². The molecule has 0 aromatic heterocycles. The van der Waals surface area contributed by atoms with Gasteiger partial charge < -0.3 is 10.6 Å². The van der Waals surface area contributed by atoms with E-state index >= 15 is 0 Å². The molecule has 1 aliphatic rings. The number of nitro benzene ring substituents is 1. The molecule has 0 amide bonds. The standard InChI is InChI=1S/C21H34N4O3S/c1-3-22-21(24-18-9-7-10-20(16-18)29(28)4-2)23-15-6-5-8-17-11-13-19(14-12-17)25(26)27/h11-14,18,20H,3-10,15-16H2,1-2H3,(H2,22,23,24). The van der Waals surface area contributed by atoms with Crippen LogP contribution in [0.15, 0.2) is 29.3 Å². The number of non-ortho nitro benzene ring substituents is 1. The van der Waals surface area contributed by atoms with Crippen LogP contribution in [0.25, 0.3) is 0 Å². The van der Waals surface area contributed by atoms with Gasteiger partial charge in [0.15, 0.2) is 5.96 Å². The van der Waals surface area contributed by atoms with Gasteiger partial charge in [0.05, 0.1) is 4.92 Å². The summed E-state index contributed by atoms with van der Waals surface area (Å²) in [5.41, 5.74) is 1.24. The van der Waals surface area contributed by atoms with Gasteiger partial charge in [-0.05, 0) is 51.0 Å². The van der Waals surface area contributed by atoms with Crippen LogP contribution in [0.2, 0.25) is 0 Å². The SMILES string of the molecule is CCNC(=NCCCCc1ccc([N+](=O)[O-])cc1)NC1CCCC(S(=O)CC)C1. The number of hydrogen-bond acceptors (Lipinski definition) is 4. The van der Waals surface area contributed by atoms with E-state index in [1.807, 2.05) is 19.1 Å². The first-order chi connectivity index (χ1) is 14.0. The van der Waals surface area contributed by atoms with Crippen molar-refractivity contribution in [1.29, 1.82) is 0 Å². The van der Waals surface area contributed by atoms with Gasteiger partial charge in [0.25, 0.3) is 5.69 Å². The average Bonchev–Trinajstić information content (AvgIpc) is 2.73. The highest BCUT2D eigenvalue weighted by atomic mass is 32.2. The molecule has 0 radical (unpaired) electrons. The number of unbranched alkanes of at least 4 members (excludes halogenated alkanes) is 1. The summed E-state index contributed by atoms with van der Waals surface area (Å²) in [7, 11) is -0.721. The van der Waals surface area contributed by atoms with E-state index in [9.17, 15) is 14.3 Å². The Balaban J connectivity index is 1.76. The number of nitro groups is 1. The number of rotatable bonds is 10. The molecule has 0 spiro atoms. The molecule has 2 rings (SSSR count). The van der Waals surface area contributed by atoms with Crippen LogP contribution in [-0.2, 0) is 17.2 Å². The van der Waals surface area contributed by atoms with Crippen LogP contribution in [-0.4, -0.2) is 45.2 Å². The minimum Gasteiger partial charge on any atom is -0.357 e. The van der Waals surface area contributed by atoms with Crippen molar-refractivity contribution in [2.45, 2.75) is 70.1 Å². The zero-order valence-electron chi connectivity index (χ0n) is 17.6. The number of nitrogens with one attached hydrogen (secondary N) is 2. The Morgan fingerprint density at radius 1 is 1.24 bits per heavy atom. The topological polar surface area (TPSA) is 96.6 Å². The third-order valence-corrected chi connectivity index (χ3v) is 7.00. The van der Waals surface area contributed by atoms with Crippen LogP contribution in [0.4, 0.5) is 5.69 Å². The minimum atomic E-state index is -0.721. The average molecular weight is 423 g/mol. The largest absolute Gasteiger partial charge is 0.357 e. The second-order valence-electron chi connectivity index (χ2n) is 7.44. The Bertz CT molecular complexity index is 694. The third kappa shape index (κ3) is 8.12. The van der Waals surface area contributed by atoms with Gasteiger partial charge in [0, 0.05) is 53.1 Å². The highest BCUT2D eigenvalue weighted by Gasteiger charge is 2.25. The Kier molecular flexibility index (Phi) is 10.1. The lowest BCUT2D eigenvalue weighted by atomic mass is 9.95. The van der Waals surface area contributed by atoms with Crippen LogP contribution in [0.3, 0.4) is 0 Å². The summed E-state index contributed by atoms with van der Waals surface area (Å²) >= 11 is 0. The van der Waals surface area contributed by atoms with Gasteiger partial charge in [0.1, 0.15) is 0 Å². The molecule has 3 unspecified atom stereocenters. The summed E-state index contributed by atoms with van der Waals surface area (Å²) in [5.74, 6) is 1.58. The molecule has 3 atom stereocenters. The van der Waals surface area contributed by atoms with Gasteiger partial charge in [-0.2, -0.15) is 0 Å². The molecular weight excluding hydrogens is 388 g/mol. The molecule has 29 heavy (non-hydrogen) atoms. The first-order valence-electron chi connectivity index (χ1n) is 10.7. The van der Waals surface area contributed by atoms with Crippen molar-refractivity contribution in [3.8, 4) is 0 Å². The fourth-order valence-corrected chi connectivity index (χ4v) is 5.03. The smallest absolute Gasteiger partial charge is 0.269 e. The zero-order valence-corrected chi connectivity index (χ0v) is 18.4. The number of nitrogens with zero attached hydrogens (tertiary/aromatic N) is 2. The monoisotopic (exact) mass is 422 g/mol. The summed E-state index contributed by atoms with van der Waals surface area (Å²) in [6, 6.07) is 7.11. The van der Waals surface area contributed by atoms with Crippen molar-refractivity contribution < 1.29 is 9.13 Å². The van der Waals surface area contributed by atoms with Crippen molar-refractivity contribution in [3.63, 3.8) is 0 Å². The van der Waals surface area contributed by atoms with E-state index in [0.717, 1.165) is 75.3 Å². The molecule has 0 aliphatic heterocycles. The summed E-state index contributed by atoms with van der Waals surface area (Å²) < 4.78 is 12.1. The molecule has 1 aliphatic carbocycles. The highest BCUT2D eigenvalue weighted by molar-refractivity contribution is 7.85. The van der Waals surface area contributed by atoms with Gasteiger partial charge in [0.2, 0.25) is 0 Å². The Morgan fingerprint density at radius 2 is 2.00 bits per heavy atom. The molecule has 162 valence electrons. The summed E-state index contributed by atoms with van der Waals surface area (Å²) in [4.78, 5) is 15.0. The Hall–Kier alpha value is -1.96. The molecule has 8 heteroatoms. The normalized spacial score (nSPS) is 20.8. The predicted octanol–water partition coefficient (Wildman–Crippen LogP) is 3.55. The third-order valence-electron chi connectivity index (χ3n) is 5.26. The van der Waals surface area contributed by atoms with E-state index in [1.54, 1.807) is 12.1 Å². The van der Waals surface area contributed by atoms with Crippen LogP contribution >= 0.6 is 0 Å². The van der Waals surface area contributed by atoms with Crippen molar-refractivity contribution in [2.24, 2.45) is 4.99 Å². The fraction of sp³-hybridized carbons (Fsp3) is 0.667. The van der Waals surface area contributed by atoms with Crippen LogP contribution in [0, 0.1) is 10.1 Å². The van der Waals surface area contributed by atoms with Crippen LogP contribution in [0.5, 0.6) is 0 Å². The second-order valence-corrected chi connectivity index (χ2v) is 9.45. The highest BCUT2D eigenvalue weighted by Crippen LogP contribution is 2.23. The number of hydrogen-bond donors (Lipinski definition) is 2. The predicted molar refractivity (Wildman–Crippen MR) is 120 cm³/mol. The molecule has 1 saturated carbocycles. The van der Waals surface area contributed by atoms with Crippen LogP contribution < -0.4 is 10.6 Å². The number of aryl methyl sites for hydroxylation is 1. The second kappa shape index (κ2) is 12.6. The van der Waals surface area contributed by atoms with E-state index in [4.69, 9.17) is 4.99 Å². The summed E-state index contributed by atoms with van der Waals surface area (Å²) in [5, 5.41) is 17.8. The first kappa shape index (κ1) is 23.3. The van der Waals surface area contributed by atoms with Gasteiger partial charge in [-0.3, -0.25) is 19.3 Å². The number of aliphatic imine (C=N–C) groups is 1. The number of guanidine groups is 1. The number of benzene rings is 1. The van der Waals surface area contributed by atoms with Gasteiger partial charge in [-0.15, -0.1) is 0 Å². The van der Waals surface area contributed by atoms with Crippen molar-refractivity contribution in [3.05, 3.63) is 39.9 Å². The van der Waals surface area contributed by atoms with Gasteiger partial charge in [-0.25, -0.2) is 0 Å². The Morgan fingerprint density at radius 3 is 2.66 bits per heavy atom. The van der Waals surface area contributed by atoms with E-state index in [2.05, 4.69) is 17.6 Å². The molecule has 0 saturated heterocycles.